The molecule has 1 aliphatic rings. The predicted octanol–water partition coefficient (Wildman–Crippen LogP) is 3.55. The third-order valence-electron chi connectivity index (χ3n) is 7.55. The van der Waals surface area contributed by atoms with Gasteiger partial charge in [0.25, 0.3) is 5.91 Å². The van der Waals surface area contributed by atoms with Crippen LogP contribution >= 0.6 is 11.8 Å². The molecule has 46 heavy (non-hydrogen) atoms. The molecule has 1 aliphatic heterocycles. The largest absolute Gasteiger partial charge is 0.394 e. The number of halogens is 1. The highest BCUT2D eigenvalue weighted by Gasteiger charge is 2.33. The van der Waals surface area contributed by atoms with Gasteiger partial charge >= 0.3 is 6.03 Å². The molecular weight excluding hydrogens is 609 g/mol. The van der Waals surface area contributed by atoms with E-state index >= 15 is 0 Å². The molecule has 4 amide bonds. The lowest BCUT2D eigenvalue weighted by Crippen LogP contribution is -2.52. The SMILES string of the molecule is CCNC(=O)NCc1ccccc1-c1ccc(CN2C(=O)[C@H](NC(=O)CC(C)(C)NC[C@H](O)CO)CSc3cc(F)ccc32)cc1. The van der Waals surface area contributed by atoms with Crippen LogP contribution in [0.2, 0.25) is 0 Å². The predicted molar refractivity (Wildman–Crippen MR) is 178 cm³/mol. The number of amides is 4. The maximum atomic E-state index is 14.2. The van der Waals surface area contributed by atoms with Crippen LogP contribution in [0.4, 0.5) is 14.9 Å². The zero-order valence-corrected chi connectivity index (χ0v) is 27.1. The van der Waals surface area contributed by atoms with Gasteiger partial charge in [0, 0.05) is 42.2 Å². The molecule has 12 heteroatoms. The average Bonchev–Trinajstić information content (AvgIpc) is 3.15. The van der Waals surface area contributed by atoms with Crippen molar-refractivity contribution < 1.29 is 29.0 Å². The highest BCUT2D eigenvalue weighted by molar-refractivity contribution is 7.99. The van der Waals surface area contributed by atoms with Crippen LogP contribution in [0.1, 0.15) is 38.3 Å². The lowest BCUT2D eigenvalue weighted by atomic mass is 9.98. The number of thioether (sulfide) groups is 1. The number of hydrogen-bond donors (Lipinski definition) is 6. The number of rotatable bonds is 13. The molecule has 0 saturated carbocycles. The number of nitrogens with zero attached hydrogens (tertiary/aromatic N) is 1. The van der Waals surface area contributed by atoms with Crippen LogP contribution in [0.15, 0.2) is 71.6 Å². The Morgan fingerprint density at radius 1 is 1.09 bits per heavy atom. The first kappa shape index (κ1) is 34.9. The number of fused-ring (bicyclic) bond motifs is 1. The highest BCUT2D eigenvalue weighted by atomic mass is 32.2. The molecule has 0 radical (unpaired) electrons. The number of hydrogen-bond acceptors (Lipinski definition) is 7. The summed E-state index contributed by atoms with van der Waals surface area (Å²) in [6, 6.07) is 18.8. The van der Waals surface area contributed by atoms with Crippen molar-refractivity contribution in [2.75, 3.05) is 30.3 Å². The average molecular weight is 652 g/mol. The van der Waals surface area contributed by atoms with E-state index in [1.807, 2.05) is 55.5 Å². The lowest BCUT2D eigenvalue weighted by molar-refractivity contribution is -0.128. The molecule has 6 N–H and O–H groups in total. The highest BCUT2D eigenvalue weighted by Crippen LogP contribution is 2.36. The second kappa shape index (κ2) is 16.0. The van der Waals surface area contributed by atoms with Crippen LogP contribution in [-0.4, -0.2) is 71.2 Å². The number of nitrogens with one attached hydrogen (secondary N) is 4. The molecule has 4 rings (SSSR count). The molecule has 0 saturated heterocycles. The van der Waals surface area contributed by atoms with E-state index in [-0.39, 0.29) is 43.1 Å². The van der Waals surface area contributed by atoms with Crippen molar-refractivity contribution in [3.8, 4) is 11.1 Å². The molecule has 0 spiro atoms. The molecule has 0 bridgehead atoms. The van der Waals surface area contributed by atoms with E-state index in [9.17, 15) is 23.9 Å². The summed E-state index contributed by atoms with van der Waals surface area (Å²) >= 11 is 1.31. The van der Waals surface area contributed by atoms with Crippen molar-refractivity contribution in [2.24, 2.45) is 0 Å². The minimum Gasteiger partial charge on any atom is -0.394 e. The van der Waals surface area contributed by atoms with E-state index in [1.165, 1.54) is 23.9 Å². The van der Waals surface area contributed by atoms with Gasteiger partial charge in [-0.05, 0) is 61.2 Å². The Bertz CT molecular complexity index is 1520. The minimum absolute atomic E-state index is 0.0307. The molecule has 0 aliphatic carbocycles. The van der Waals surface area contributed by atoms with Gasteiger partial charge in [-0.25, -0.2) is 9.18 Å². The normalized spacial score (nSPS) is 15.5. The Hall–Kier alpha value is -3.97. The van der Waals surface area contributed by atoms with Crippen LogP contribution < -0.4 is 26.2 Å². The van der Waals surface area contributed by atoms with Gasteiger partial charge in [0.05, 0.1) is 24.9 Å². The second-order valence-electron chi connectivity index (χ2n) is 11.8. The quantitative estimate of drug-likeness (QED) is 0.166. The summed E-state index contributed by atoms with van der Waals surface area (Å²) < 4.78 is 14.2. The van der Waals surface area contributed by atoms with Gasteiger partial charge in [-0.2, -0.15) is 0 Å². The van der Waals surface area contributed by atoms with Crippen LogP contribution in [0, 0.1) is 5.82 Å². The van der Waals surface area contributed by atoms with Gasteiger partial charge in [-0.1, -0.05) is 48.5 Å². The van der Waals surface area contributed by atoms with Gasteiger partial charge in [0.1, 0.15) is 11.9 Å². The van der Waals surface area contributed by atoms with Gasteiger partial charge in [-0.3, -0.25) is 9.59 Å². The summed E-state index contributed by atoms with van der Waals surface area (Å²) in [6.45, 7) is 6.27. The summed E-state index contributed by atoms with van der Waals surface area (Å²) in [5.41, 5.74) is 3.59. The smallest absolute Gasteiger partial charge is 0.315 e. The van der Waals surface area contributed by atoms with Crippen molar-refractivity contribution in [3.63, 3.8) is 0 Å². The molecular formula is C34H42FN5O5S. The standard InChI is InChI=1S/C34H42FN5O5S/c1-4-36-33(45)37-17-24-7-5-6-8-27(24)23-11-9-22(10-12-23)19-40-29-14-13-25(35)15-30(29)46-21-28(32(40)44)39-31(43)16-34(2,3)38-18-26(42)20-41/h5-15,26,28,38,41-42H,4,16-21H2,1-3H3,(H,39,43)(H2,36,37,45)/t26-,28+/m0/s1. The maximum absolute atomic E-state index is 14.2. The fraction of sp³-hybridized carbons (Fsp3) is 0.382. The number of carbonyl (C=O) groups is 3. The van der Waals surface area contributed by atoms with Crippen molar-refractivity contribution in [3.05, 3.63) is 83.7 Å². The molecule has 10 nitrogen and oxygen atoms in total. The van der Waals surface area contributed by atoms with Crippen molar-refractivity contribution >= 4 is 35.3 Å². The zero-order chi connectivity index (χ0) is 33.3. The number of urea groups is 1. The van der Waals surface area contributed by atoms with Crippen LogP contribution in [0.5, 0.6) is 0 Å². The Kier molecular flexibility index (Phi) is 12.2. The van der Waals surface area contributed by atoms with Crippen molar-refractivity contribution in [1.29, 1.82) is 0 Å². The second-order valence-corrected chi connectivity index (χ2v) is 12.9. The van der Waals surface area contributed by atoms with E-state index in [0.29, 0.717) is 23.7 Å². The molecule has 1 heterocycles. The summed E-state index contributed by atoms with van der Waals surface area (Å²) in [5, 5.41) is 30.3. The summed E-state index contributed by atoms with van der Waals surface area (Å²) in [7, 11) is 0. The van der Waals surface area contributed by atoms with E-state index < -0.39 is 30.1 Å². The molecule has 0 aromatic heterocycles. The molecule has 0 unspecified atom stereocenters. The first-order valence-corrected chi connectivity index (χ1v) is 16.2. The summed E-state index contributed by atoms with van der Waals surface area (Å²) in [6.07, 6.45) is -0.919. The fourth-order valence-electron chi connectivity index (χ4n) is 5.14. The Morgan fingerprint density at radius 3 is 2.54 bits per heavy atom. The first-order chi connectivity index (χ1) is 22.0. The molecule has 3 aromatic rings. The molecule has 2 atom stereocenters. The van der Waals surface area contributed by atoms with Gasteiger partial charge in [-0.15, -0.1) is 11.8 Å². The minimum atomic E-state index is -0.950. The number of anilines is 1. The van der Waals surface area contributed by atoms with E-state index in [2.05, 4.69) is 21.3 Å². The van der Waals surface area contributed by atoms with E-state index in [4.69, 9.17) is 5.11 Å². The van der Waals surface area contributed by atoms with Gasteiger partial charge in [0.2, 0.25) is 5.91 Å². The number of β-amino-alcohol motifs (C(OH)–C–C–N with tert-alkyl or cyclic N) is 1. The van der Waals surface area contributed by atoms with Crippen molar-refractivity contribution in [1.82, 2.24) is 21.3 Å². The third-order valence-corrected chi connectivity index (χ3v) is 8.68. The van der Waals surface area contributed by atoms with Crippen molar-refractivity contribution in [2.45, 2.75) is 62.9 Å². The third kappa shape index (κ3) is 9.52. The number of aliphatic hydroxyl groups is 2. The zero-order valence-electron chi connectivity index (χ0n) is 26.3. The molecule has 0 fully saturated rings. The monoisotopic (exact) mass is 651 g/mol. The Labute approximate surface area is 273 Å². The Balaban J connectivity index is 1.51. The van der Waals surface area contributed by atoms with Gasteiger partial charge < -0.3 is 36.4 Å². The van der Waals surface area contributed by atoms with E-state index in [0.717, 1.165) is 22.3 Å². The number of carbonyl (C=O) groups excluding carboxylic acids is 3. The number of aliphatic hydroxyl groups excluding tert-OH is 2. The van der Waals surface area contributed by atoms with Gasteiger partial charge in [0.15, 0.2) is 0 Å². The summed E-state index contributed by atoms with van der Waals surface area (Å²) in [5.74, 6) is -0.840. The first-order valence-electron chi connectivity index (χ1n) is 15.3. The topological polar surface area (TPSA) is 143 Å². The van der Waals surface area contributed by atoms with Crippen LogP contribution in [-0.2, 0) is 22.7 Å². The molecule has 3 aromatic carbocycles. The Morgan fingerprint density at radius 2 is 1.83 bits per heavy atom. The number of benzene rings is 3. The molecule has 246 valence electrons. The fourth-order valence-corrected chi connectivity index (χ4v) is 6.23. The summed E-state index contributed by atoms with van der Waals surface area (Å²) in [4.78, 5) is 41.2. The van der Waals surface area contributed by atoms with Crippen LogP contribution in [0.3, 0.4) is 0 Å². The maximum Gasteiger partial charge on any atom is 0.315 e. The van der Waals surface area contributed by atoms with Crippen LogP contribution in [0.25, 0.3) is 11.1 Å². The van der Waals surface area contributed by atoms with E-state index in [1.54, 1.807) is 24.8 Å². The lowest BCUT2D eigenvalue weighted by Gasteiger charge is -2.29.